The second-order valence-electron chi connectivity index (χ2n) is 3.76. The van der Waals surface area contributed by atoms with Gasteiger partial charge in [0.15, 0.2) is 0 Å². The lowest BCUT2D eigenvalue weighted by Crippen LogP contribution is -2.13. The highest BCUT2D eigenvalue weighted by Crippen LogP contribution is 2.24. The Labute approximate surface area is 104 Å². The number of aromatic nitrogens is 1. The Morgan fingerprint density at radius 2 is 1.94 bits per heavy atom. The summed E-state index contributed by atoms with van der Waals surface area (Å²) in [4.78, 5) is 15.3. The van der Waals surface area contributed by atoms with E-state index in [1.54, 1.807) is 31.5 Å². The summed E-state index contributed by atoms with van der Waals surface area (Å²) in [6.45, 7) is 0. The van der Waals surface area contributed by atoms with Crippen molar-refractivity contribution in [2.45, 2.75) is 0 Å². The molecule has 18 heavy (non-hydrogen) atoms. The SMILES string of the molecule is COc1ccc(-c2ccc(N)c(C(N)=O)c2)cn1. The Kier molecular flexibility index (Phi) is 3.14. The number of nitrogens with zero attached hydrogens (tertiary/aromatic N) is 1. The predicted molar refractivity (Wildman–Crippen MR) is 69.2 cm³/mol. The average molecular weight is 243 g/mol. The number of anilines is 1. The van der Waals surface area contributed by atoms with Crippen LogP contribution in [0.15, 0.2) is 36.5 Å². The monoisotopic (exact) mass is 243 g/mol. The molecule has 0 fully saturated rings. The first kappa shape index (κ1) is 11.9. The molecule has 0 bridgehead atoms. The summed E-state index contributed by atoms with van der Waals surface area (Å²) in [6, 6.07) is 8.71. The molecule has 4 N–H and O–H groups in total. The van der Waals surface area contributed by atoms with Gasteiger partial charge < -0.3 is 16.2 Å². The van der Waals surface area contributed by atoms with Gasteiger partial charge in [-0.2, -0.15) is 0 Å². The number of hydrogen-bond acceptors (Lipinski definition) is 4. The number of nitrogens with two attached hydrogens (primary N) is 2. The largest absolute Gasteiger partial charge is 0.481 e. The zero-order valence-electron chi connectivity index (χ0n) is 9.88. The summed E-state index contributed by atoms with van der Waals surface area (Å²) in [7, 11) is 1.55. The van der Waals surface area contributed by atoms with E-state index in [0.29, 0.717) is 17.1 Å². The number of ether oxygens (including phenoxy) is 1. The molecular weight excluding hydrogens is 230 g/mol. The lowest BCUT2D eigenvalue weighted by molar-refractivity contribution is 0.100. The first-order valence-electron chi connectivity index (χ1n) is 5.31. The van der Waals surface area contributed by atoms with Crippen molar-refractivity contribution < 1.29 is 9.53 Å². The molecule has 0 aliphatic rings. The highest BCUT2D eigenvalue weighted by Gasteiger charge is 2.08. The third kappa shape index (κ3) is 2.24. The van der Waals surface area contributed by atoms with Crippen molar-refractivity contribution in [3.8, 4) is 17.0 Å². The second kappa shape index (κ2) is 4.75. The first-order valence-corrected chi connectivity index (χ1v) is 5.31. The fraction of sp³-hybridized carbons (Fsp3) is 0.0769. The van der Waals surface area contributed by atoms with E-state index in [0.717, 1.165) is 11.1 Å². The normalized spacial score (nSPS) is 10.1. The van der Waals surface area contributed by atoms with Crippen molar-refractivity contribution in [3.05, 3.63) is 42.1 Å². The molecule has 0 saturated carbocycles. The summed E-state index contributed by atoms with van der Waals surface area (Å²) in [5, 5.41) is 0. The molecule has 2 aromatic rings. The van der Waals surface area contributed by atoms with Gasteiger partial charge in [0.1, 0.15) is 0 Å². The Morgan fingerprint density at radius 1 is 1.22 bits per heavy atom. The first-order chi connectivity index (χ1) is 8.61. The number of primary amides is 1. The van der Waals surface area contributed by atoms with Crippen LogP contribution in [0.5, 0.6) is 5.88 Å². The Morgan fingerprint density at radius 3 is 2.50 bits per heavy atom. The molecular formula is C13H13N3O2. The van der Waals surface area contributed by atoms with E-state index in [4.69, 9.17) is 16.2 Å². The van der Waals surface area contributed by atoms with Crippen LogP contribution in [0.3, 0.4) is 0 Å². The van der Waals surface area contributed by atoms with Gasteiger partial charge in [-0.1, -0.05) is 6.07 Å². The second-order valence-corrected chi connectivity index (χ2v) is 3.76. The van der Waals surface area contributed by atoms with Crippen LogP contribution < -0.4 is 16.2 Å². The molecule has 5 nitrogen and oxygen atoms in total. The number of amides is 1. The molecule has 1 heterocycles. The van der Waals surface area contributed by atoms with Gasteiger partial charge in [0.05, 0.1) is 12.7 Å². The summed E-state index contributed by atoms with van der Waals surface area (Å²) in [5.41, 5.74) is 13.3. The van der Waals surface area contributed by atoms with E-state index in [1.165, 1.54) is 0 Å². The number of benzene rings is 1. The minimum atomic E-state index is -0.546. The van der Waals surface area contributed by atoms with Gasteiger partial charge >= 0.3 is 0 Å². The number of carbonyl (C=O) groups is 1. The van der Waals surface area contributed by atoms with Gasteiger partial charge in [0.25, 0.3) is 5.91 Å². The lowest BCUT2D eigenvalue weighted by Gasteiger charge is -2.06. The van der Waals surface area contributed by atoms with E-state index in [1.807, 2.05) is 12.1 Å². The highest BCUT2D eigenvalue weighted by molar-refractivity contribution is 5.99. The number of hydrogen-bond donors (Lipinski definition) is 2. The standard InChI is InChI=1S/C13H13N3O2/c1-18-12-5-3-9(7-16-12)8-2-4-11(14)10(6-8)13(15)17/h2-7H,14H2,1H3,(H2,15,17). The molecule has 0 aliphatic heterocycles. The summed E-state index contributed by atoms with van der Waals surface area (Å²) in [5.74, 6) is -0.0138. The van der Waals surface area contributed by atoms with Crippen LogP contribution in [0.4, 0.5) is 5.69 Å². The van der Waals surface area contributed by atoms with Gasteiger partial charge in [0, 0.05) is 23.5 Å². The molecule has 0 saturated heterocycles. The molecule has 1 aromatic carbocycles. The van der Waals surface area contributed by atoms with Gasteiger partial charge in [0.2, 0.25) is 5.88 Å². The van der Waals surface area contributed by atoms with Gasteiger partial charge in [-0.05, 0) is 23.8 Å². The number of carbonyl (C=O) groups excluding carboxylic acids is 1. The van der Waals surface area contributed by atoms with Gasteiger partial charge in [-0.25, -0.2) is 4.98 Å². The third-order valence-electron chi connectivity index (χ3n) is 2.60. The van der Waals surface area contributed by atoms with Crippen molar-refractivity contribution in [2.24, 2.45) is 5.73 Å². The van der Waals surface area contributed by atoms with Crippen molar-refractivity contribution in [3.63, 3.8) is 0 Å². The Bertz CT molecular complexity index is 579. The minimum Gasteiger partial charge on any atom is -0.481 e. The zero-order chi connectivity index (χ0) is 13.1. The molecule has 5 heteroatoms. The maximum atomic E-state index is 11.2. The predicted octanol–water partition coefficient (Wildman–Crippen LogP) is 1.44. The smallest absolute Gasteiger partial charge is 0.250 e. The molecule has 0 unspecified atom stereocenters. The van der Waals surface area contributed by atoms with Crippen LogP contribution in [0.1, 0.15) is 10.4 Å². The quantitative estimate of drug-likeness (QED) is 0.798. The molecule has 0 radical (unpaired) electrons. The van der Waals surface area contributed by atoms with Crippen LogP contribution in [-0.2, 0) is 0 Å². The van der Waals surface area contributed by atoms with Crippen molar-refractivity contribution in [1.82, 2.24) is 4.98 Å². The Hall–Kier alpha value is -2.56. The van der Waals surface area contributed by atoms with E-state index in [-0.39, 0.29) is 0 Å². The van der Waals surface area contributed by atoms with E-state index in [2.05, 4.69) is 4.98 Å². The van der Waals surface area contributed by atoms with E-state index in [9.17, 15) is 4.79 Å². The molecule has 1 amide bonds. The summed E-state index contributed by atoms with van der Waals surface area (Å²) < 4.78 is 4.98. The summed E-state index contributed by atoms with van der Waals surface area (Å²) >= 11 is 0. The molecule has 0 atom stereocenters. The maximum absolute atomic E-state index is 11.2. The van der Waals surface area contributed by atoms with Crippen LogP contribution in [-0.4, -0.2) is 18.0 Å². The van der Waals surface area contributed by atoms with E-state index >= 15 is 0 Å². The van der Waals surface area contributed by atoms with Crippen molar-refractivity contribution >= 4 is 11.6 Å². The van der Waals surface area contributed by atoms with Crippen LogP contribution in [0, 0.1) is 0 Å². The molecule has 92 valence electrons. The topological polar surface area (TPSA) is 91.2 Å². The fourth-order valence-electron chi connectivity index (χ4n) is 1.62. The van der Waals surface area contributed by atoms with Crippen LogP contribution >= 0.6 is 0 Å². The van der Waals surface area contributed by atoms with Gasteiger partial charge in [-0.15, -0.1) is 0 Å². The zero-order valence-corrected chi connectivity index (χ0v) is 9.88. The average Bonchev–Trinajstić information content (AvgIpc) is 2.39. The lowest BCUT2D eigenvalue weighted by atomic mass is 10.0. The number of nitrogen functional groups attached to an aromatic ring is 1. The van der Waals surface area contributed by atoms with E-state index < -0.39 is 5.91 Å². The third-order valence-corrected chi connectivity index (χ3v) is 2.60. The van der Waals surface area contributed by atoms with Crippen LogP contribution in [0.2, 0.25) is 0 Å². The number of methoxy groups -OCH3 is 1. The summed E-state index contributed by atoms with van der Waals surface area (Å²) in [6.07, 6.45) is 1.66. The van der Waals surface area contributed by atoms with Crippen LogP contribution in [0.25, 0.3) is 11.1 Å². The highest BCUT2D eigenvalue weighted by atomic mass is 16.5. The van der Waals surface area contributed by atoms with Gasteiger partial charge in [-0.3, -0.25) is 4.79 Å². The van der Waals surface area contributed by atoms with Crippen molar-refractivity contribution in [2.75, 3.05) is 12.8 Å². The fourth-order valence-corrected chi connectivity index (χ4v) is 1.62. The molecule has 2 rings (SSSR count). The molecule has 0 spiro atoms. The number of rotatable bonds is 3. The molecule has 1 aromatic heterocycles. The Balaban J connectivity index is 2.44. The number of pyridine rings is 1. The maximum Gasteiger partial charge on any atom is 0.250 e. The molecule has 0 aliphatic carbocycles. The minimum absolute atomic E-state index is 0.309. The van der Waals surface area contributed by atoms with Crippen molar-refractivity contribution in [1.29, 1.82) is 0 Å².